The summed E-state index contributed by atoms with van der Waals surface area (Å²) in [6.07, 6.45) is 3.29. The number of rotatable bonds is 7. The molecule has 2 rings (SSSR count). The third kappa shape index (κ3) is 6.36. The molecule has 7 heteroatoms. The van der Waals surface area contributed by atoms with Crippen LogP contribution in [-0.4, -0.2) is 49.0 Å². The van der Waals surface area contributed by atoms with E-state index in [0.29, 0.717) is 23.0 Å². The Hall–Kier alpha value is -1.46. The van der Waals surface area contributed by atoms with Gasteiger partial charge in [-0.25, -0.2) is 0 Å². The topological polar surface area (TPSA) is 56.7 Å². The average molecular weight is 399 g/mol. The second-order valence-corrected chi connectivity index (χ2v) is 7.27. The van der Waals surface area contributed by atoms with Crippen LogP contribution in [-0.2, 0) is 11.2 Å². The molecule has 144 valence electrons. The van der Waals surface area contributed by atoms with Gasteiger partial charge in [0.25, 0.3) is 0 Å². The van der Waals surface area contributed by atoms with Crippen LogP contribution in [0.25, 0.3) is 0 Å². The molecule has 26 heavy (non-hydrogen) atoms. The number of aryl methyl sites for hydroxylation is 1. The number of guanidine groups is 1. The van der Waals surface area contributed by atoms with Crippen LogP contribution in [0.15, 0.2) is 23.2 Å². The lowest BCUT2D eigenvalue weighted by molar-refractivity contribution is -0.129. The van der Waals surface area contributed by atoms with E-state index in [1.54, 1.807) is 6.07 Å². The second-order valence-electron chi connectivity index (χ2n) is 6.42. The summed E-state index contributed by atoms with van der Waals surface area (Å²) in [6.45, 7) is 7.03. The minimum Gasteiger partial charge on any atom is -0.357 e. The van der Waals surface area contributed by atoms with Crippen molar-refractivity contribution >= 4 is 35.1 Å². The van der Waals surface area contributed by atoms with Gasteiger partial charge in [-0.2, -0.15) is 0 Å². The number of hydrogen-bond acceptors (Lipinski definition) is 2. The molecule has 1 fully saturated rings. The molecule has 2 N–H and O–H groups in total. The van der Waals surface area contributed by atoms with Gasteiger partial charge < -0.3 is 15.5 Å². The summed E-state index contributed by atoms with van der Waals surface area (Å²) in [6, 6.07) is 5.86. The largest absolute Gasteiger partial charge is 0.357 e. The first-order valence-electron chi connectivity index (χ1n) is 9.30. The van der Waals surface area contributed by atoms with Gasteiger partial charge in [0.1, 0.15) is 0 Å². The maximum Gasteiger partial charge on any atom is 0.222 e. The Morgan fingerprint density at radius 1 is 1.35 bits per heavy atom. The molecule has 1 unspecified atom stereocenters. The van der Waals surface area contributed by atoms with Gasteiger partial charge in [-0.15, -0.1) is 0 Å². The van der Waals surface area contributed by atoms with E-state index in [9.17, 15) is 4.79 Å². The normalized spacial score (nSPS) is 17.5. The molecule has 0 radical (unpaired) electrons. The van der Waals surface area contributed by atoms with Crippen LogP contribution >= 0.6 is 23.2 Å². The summed E-state index contributed by atoms with van der Waals surface area (Å²) in [5.41, 5.74) is 1.09. The van der Waals surface area contributed by atoms with Gasteiger partial charge in [0, 0.05) is 48.7 Å². The molecule has 0 spiro atoms. The van der Waals surface area contributed by atoms with Crippen molar-refractivity contribution in [1.82, 2.24) is 15.5 Å². The number of nitrogens with one attached hydrogen (secondary N) is 2. The fraction of sp³-hybridized carbons (Fsp3) is 0.579. The minimum absolute atomic E-state index is 0.219. The smallest absolute Gasteiger partial charge is 0.222 e. The van der Waals surface area contributed by atoms with Crippen molar-refractivity contribution in [2.75, 3.05) is 26.2 Å². The lowest BCUT2D eigenvalue weighted by Crippen LogP contribution is -2.45. The Morgan fingerprint density at radius 3 is 2.85 bits per heavy atom. The number of aliphatic imine (C=N–C) groups is 1. The molecule has 1 aromatic rings. The maximum absolute atomic E-state index is 11.8. The maximum atomic E-state index is 11.8. The van der Waals surface area contributed by atoms with Crippen LogP contribution in [0.4, 0.5) is 0 Å². The molecule has 0 aliphatic carbocycles. The minimum atomic E-state index is 0.219. The third-order valence-electron chi connectivity index (χ3n) is 4.42. The summed E-state index contributed by atoms with van der Waals surface area (Å²) < 4.78 is 0. The van der Waals surface area contributed by atoms with E-state index >= 15 is 0 Å². The highest BCUT2D eigenvalue weighted by molar-refractivity contribution is 6.35. The Morgan fingerprint density at radius 2 is 2.15 bits per heavy atom. The van der Waals surface area contributed by atoms with Crippen molar-refractivity contribution in [2.45, 2.75) is 45.6 Å². The molecule has 1 aromatic carbocycles. The number of benzene rings is 1. The number of amides is 1. The fourth-order valence-electron chi connectivity index (χ4n) is 3.03. The van der Waals surface area contributed by atoms with Crippen molar-refractivity contribution < 1.29 is 4.79 Å². The van der Waals surface area contributed by atoms with Gasteiger partial charge in [-0.1, -0.05) is 36.2 Å². The molecule has 1 heterocycles. The van der Waals surface area contributed by atoms with E-state index in [0.717, 1.165) is 50.4 Å². The SMILES string of the molecule is CCNC(=NCCCc1ccc(Cl)cc1Cl)NC1CCN(C(=O)CC)C1. The number of hydrogen-bond donors (Lipinski definition) is 2. The van der Waals surface area contributed by atoms with Crippen molar-refractivity contribution in [3.63, 3.8) is 0 Å². The van der Waals surface area contributed by atoms with E-state index < -0.39 is 0 Å². The number of carbonyl (C=O) groups is 1. The first-order valence-corrected chi connectivity index (χ1v) is 10.1. The Balaban J connectivity index is 1.82. The van der Waals surface area contributed by atoms with E-state index in [4.69, 9.17) is 23.2 Å². The fourth-order valence-corrected chi connectivity index (χ4v) is 3.53. The summed E-state index contributed by atoms with van der Waals surface area (Å²) in [5, 5.41) is 8.08. The second kappa shape index (κ2) is 10.6. The molecule has 1 saturated heterocycles. The monoisotopic (exact) mass is 398 g/mol. The van der Waals surface area contributed by atoms with Gasteiger partial charge in [0.15, 0.2) is 5.96 Å². The lowest BCUT2D eigenvalue weighted by atomic mass is 10.1. The van der Waals surface area contributed by atoms with Crippen LogP contribution in [0.5, 0.6) is 0 Å². The molecule has 1 aliphatic rings. The van der Waals surface area contributed by atoms with Crippen molar-refractivity contribution in [1.29, 1.82) is 0 Å². The van der Waals surface area contributed by atoms with Gasteiger partial charge in [-0.05, 0) is 43.9 Å². The summed E-state index contributed by atoms with van der Waals surface area (Å²) >= 11 is 12.1. The molecular formula is C19H28Cl2N4O. The first kappa shape index (κ1) is 20.8. The quantitative estimate of drug-likeness (QED) is 0.419. The molecule has 5 nitrogen and oxygen atoms in total. The predicted octanol–water partition coefficient (Wildman–Crippen LogP) is 3.49. The van der Waals surface area contributed by atoms with Crippen LogP contribution in [0.3, 0.4) is 0 Å². The highest BCUT2D eigenvalue weighted by Crippen LogP contribution is 2.22. The standard InChI is InChI=1S/C19H28Cl2N4O/c1-3-18(26)25-11-9-16(13-25)24-19(22-4-2)23-10-5-6-14-7-8-15(20)12-17(14)21/h7-8,12,16H,3-6,9-11,13H2,1-2H3,(H2,22,23,24). The van der Waals surface area contributed by atoms with Crippen molar-refractivity contribution in [3.8, 4) is 0 Å². The van der Waals surface area contributed by atoms with E-state index in [1.165, 1.54) is 0 Å². The Bertz CT molecular complexity index is 636. The van der Waals surface area contributed by atoms with E-state index in [1.807, 2.05) is 30.9 Å². The molecule has 0 aromatic heterocycles. The summed E-state index contributed by atoms with van der Waals surface area (Å²) in [7, 11) is 0. The molecule has 1 amide bonds. The van der Waals surface area contributed by atoms with Crippen molar-refractivity contribution in [2.24, 2.45) is 4.99 Å². The molecule has 0 bridgehead atoms. The zero-order valence-corrected chi connectivity index (χ0v) is 17.0. The molecule has 1 aliphatic heterocycles. The summed E-state index contributed by atoms with van der Waals surface area (Å²) in [5.74, 6) is 1.03. The number of halogens is 2. The Labute approximate surface area is 166 Å². The van der Waals surface area contributed by atoms with Gasteiger partial charge in [0.2, 0.25) is 5.91 Å². The zero-order valence-electron chi connectivity index (χ0n) is 15.5. The first-order chi connectivity index (χ1) is 12.5. The van der Waals surface area contributed by atoms with E-state index in [2.05, 4.69) is 15.6 Å². The third-order valence-corrected chi connectivity index (χ3v) is 5.00. The zero-order chi connectivity index (χ0) is 18.9. The number of nitrogens with zero attached hydrogens (tertiary/aromatic N) is 2. The lowest BCUT2D eigenvalue weighted by Gasteiger charge is -2.18. The highest BCUT2D eigenvalue weighted by Gasteiger charge is 2.25. The average Bonchev–Trinajstić information content (AvgIpc) is 3.08. The van der Waals surface area contributed by atoms with Crippen LogP contribution < -0.4 is 10.6 Å². The Kier molecular flexibility index (Phi) is 8.52. The number of likely N-dealkylation sites (tertiary alicyclic amines) is 1. The predicted molar refractivity (Wildman–Crippen MR) is 109 cm³/mol. The highest BCUT2D eigenvalue weighted by atomic mass is 35.5. The van der Waals surface area contributed by atoms with Crippen LogP contribution in [0.2, 0.25) is 10.0 Å². The van der Waals surface area contributed by atoms with Gasteiger partial charge in [-0.3, -0.25) is 9.79 Å². The van der Waals surface area contributed by atoms with Crippen LogP contribution in [0.1, 0.15) is 38.7 Å². The van der Waals surface area contributed by atoms with Crippen molar-refractivity contribution in [3.05, 3.63) is 33.8 Å². The molecule has 0 saturated carbocycles. The van der Waals surface area contributed by atoms with Gasteiger partial charge in [0.05, 0.1) is 0 Å². The van der Waals surface area contributed by atoms with Gasteiger partial charge >= 0.3 is 0 Å². The number of carbonyl (C=O) groups excluding carboxylic acids is 1. The molecular weight excluding hydrogens is 371 g/mol. The summed E-state index contributed by atoms with van der Waals surface area (Å²) in [4.78, 5) is 18.4. The van der Waals surface area contributed by atoms with E-state index in [-0.39, 0.29) is 11.9 Å². The molecule has 1 atom stereocenters. The van der Waals surface area contributed by atoms with Crippen LogP contribution in [0, 0.1) is 0 Å².